The maximum Gasteiger partial charge on any atom is 0.334 e. The Hall–Kier alpha value is -2.88. The Labute approximate surface area is 141 Å². The second-order valence-corrected chi connectivity index (χ2v) is 5.06. The van der Waals surface area contributed by atoms with E-state index in [1.165, 1.54) is 7.11 Å². The van der Waals surface area contributed by atoms with Gasteiger partial charge >= 0.3 is 11.9 Å². The first-order chi connectivity index (χ1) is 11.7. The minimum Gasteiger partial charge on any atom is -0.466 e. The summed E-state index contributed by atoms with van der Waals surface area (Å²) in [7, 11) is 1.31. The highest BCUT2D eigenvalue weighted by atomic mass is 16.5. The fourth-order valence-electron chi connectivity index (χ4n) is 2.47. The average molecular weight is 324 g/mol. The number of hydrogen-bond acceptors (Lipinski definition) is 4. The fourth-order valence-corrected chi connectivity index (χ4v) is 2.47. The van der Waals surface area contributed by atoms with Crippen molar-refractivity contribution in [3.8, 4) is 0 Å². The number of hydrogen-bond donors (Lipinski definition) is 0. The summed E-state index contributed by atoms with van der Waals surface area (Å²) in [5.41, 5.74) is 2.64. The van der Waals surface area contributed by atoms with Crippen LogP contribution in [0.2, 0.25) is 0 Å². The molecule has 4 heteroatoms. The molecule has 2 aromatic carbocycles. The Morgan fingerprint density at radius 3 is 1.79 bits per heavy atom. The van der Waals surface area contributed by atoms with Gasteiger partial charge in [-0.3, -0.25) is 4.79 Å². The summed E-state index contributed by atoms with van der Waals surface area (Å²) in [6.45, 7) is 1.99. The Bertz CT molecular complexity index is 676. The maximum atomic E-state index is 12.4. The van der Waals surface area contributed by atoms with Crippen LogP contribution in [0.3, 0.4) is 0 Å². The topological polar surface area (TPSA) is 52.6 Å². The lowest BCUT2D eigenvalue weighted by molar-refractivity contribution is -0.145. The lowest BCUT2D eigenvalue weighted by Crippen LogP contribution is -2.14. The van der Waals surface area contributed by atoms with E-state index >= 15 is 0 Å². The molecule has 0 aliphatic carbocycles. The predicted octanol–water partition coefficient (Wildman–Crippen LogP) is 3.61. The van der Waals surface area contributed by atoms with Crippen molar-refractivity contribution in [1.82, 2.24) is 0 Å². The Kier molecular flexibility index (Phi) is 6.32. The molecule has 4 nitrogen and oxygen atoms in total. The van der Waals surface area contributed by atoms with E-state index in [0.29, 0.717) is 5.57 Å². The van der Waals surface area contributed by atoms with Crippen molar-refractivity contribution in [3.63, 3.8) is 0 Å². The van der Waals surface area contributed by atoms with E-state index in [9.17, 15) is 9.59 Å². The summed E-state index contributed by atoms with van der Waals surface area (Å²) in [5.74, 6) is -0.993. The molecule has 2 rings (SSSR count). The number of ether oxygens (including phenoxy) is 2. The zero-order valence-electron chi connectivity index (χ0n) is 13.8. The standard InChI is InChI=1S/C20H20O4/c1-3-24-18(21)14-17(20(22)23-2)19(15-10-6-4-7-11-15)16-12-8-5-9-13-16/h4-13H,3,14H2,1-2H3. The van der Waals surface area contributed by atoms with E-state index in [1.807, 2.05) is 60.7 Å². The van der Waals surface area contributed by atoms with Gasteiger partial charge in [0.2, 0.25) is 0 Å². The highest BCUT2D eigenvalue weighted by Crippen LogP contribution is 2.29. The van der Waals surface area contributed by atoms with Crippen molar-refractivity contribution in [3.05, 3.63) is 77.4 Å². The summed E-state index contributed by atoms with van der Waals surface area (Å²) >= 11 is 0. The molecule has 0 N–H and O–H groups in total. The minimum absolute atomic E-state index is 0.139. The molecule has 124 valence electrons. The number of rotatable bonds is 6. The molecule has 2 aromatic rings. The fraction of sp³-hybridized carbons (Fsp3) is 0.200. The summed E-state index contributed by atoms with van der Waals surface area (Å²) in [6.07, 6.45) is -0.139. The zero-order valence-corrected chi connectivity index (χ0v) is 13.8. The van der Waals surface area contributed by atoms with Gasteiger partial charge in [0.05, 0.1) is 25.7 Å². The van der Waals surface area contributed by atoms with Crippen LogP contribution in [0.1, 0.15) is 24.5 Å². The molecule has 0 saturated heterocycles. The molecule has 0 unspecified atom stereocenters. The van der Waals surface area contributed by atoms with E-state index in [1.54, 1.807) is 6.92 Å². The average Bonchev–Trinajstić information content (AvgIpc) is 2.62. The van der Waals surface area contributed by atoms with Gasteiger partial charge in [0.25, 0.3) is 0 Å². The molecule has 0 radical (unpaired) electrons. The summed E-state index contributed by atoms with van der Waals surface area (Å²) < 4.78 is 9.92. The van der Waals surface area contributed by atoms with Crippen molar-refractivity contribution >= 4 is 17.5 Å². The van der Waals surface area contributed by atoms with Crippen molar-refractivity contribution in [2.75, 3.05) is 13.7 Å². The molecule has 0 fully saturated rings. The molecule has 24 heavy (non-hydrogen) atoms. The van der Waals surface area contributed by atoms with Crippen molar-refractivity contribution < 1.29 is 19.1 Å². The van der Waals surface area contributed by atoms with E-state index in [0.717, 1.165) is 11.1 Å². The zero-order chi connectivity index (χ0) is 17.4. The molecule has 0 bridgehead atoms. The third-order valence-electron chi connectivity index (χ3n) is 3.48. The summed E-state index contributed by atoms with van der Waals surface area (Å²) in [5, 5.41) is 0. The number of benzene rings is 2. The van der Waals surface area contributed by atoms with Gasteiger partial charge in [-0.05, 0) is 23.6 Å². The molecule has 0 atom stereocenters. The molecule has 0 aliphatic heterocycles. The lowest BCUT2D eigenvalue weighted by atomic mass is 9.91. The SMILES string of the molecule is CCOC(=O)CC(C(=O)OC)=C(c1ccccc1)c1ccccc1. The van der Waals surface area contributed by atoms with Crippen LogP contribution in [0.5, 0.6) is 0 Å². The molecule has 0 amide bonds. The van der Waals surface area contributed by atoms with Crippen molar-refractivity contribution in [2.45, 2.75) is 13.3 Å². The van der Waals surface area contributed by atoms with E-state index < -0.39 is 11.9 Å². The first-order valence-corrected chi connectivity index (χ1v) is 7.75. The third kappa shape index (κ3) is 4.32. The molecule has 0 spiro atoms. The molecular formula is C20H20O4. The van der Waals surface area contributed by atoms with Gasteiger partial charge in [0.15, 0.2) is 0 Å². The van der Waals surface area contributed by atoms with Crippen LogP contribution >= 0.6 is 0 Å². The second-order valence-electron chi connectivity index (χ2n) is 5.06. The first kappa shape index (κ1) is 17.5. The van der Waals surface area contributed by atoms with Gasteiger partial charge in [-0.2, -0.15) is 0 Å². The molecule has 0 heterocycles. The summed E-state index contributed by atoms with van der Waals surface area (Å²) in [6, 6.07) is 18.9. The maximum absolute atomic E-state index is 12.4. The van der Waals surface area contributed by atoms with Gasteiger partial charge in [-0.15, -0.1) is 0 Å². The van der Waals surface area contributed by atoms with Gasteiger partial charge in [-0.25, -0.2) is 4.79 Å². The highest BCUT2D eigenvalue weighted by molar-refractivity contribution is 6.04. The number of carbonyl (C=O) groups excluding carboxylic acids is 2. The number of methoxy groups -OCH3 is 1. The minimum atomic E-state index is -0.536. The van der Waals surface area contributed by atoms with Crippen LogP contribution in [0.25, 0.3) is 5.57 Å². The van der Waals surface area contributed by atoms with Crippen LogP contribution in [-0.4, -0.2) is 25.7 Å². The third-order valence-corrected chi connectivity index (χ3v) is 3.48. The normalized spacial score (nSPS) is 9.92. The molecule has 0 saturated carbocycles. The highest BCUT2D eigenvalue weighted by Gasteiger charge is 2.22. The van der Waals surface area contributed by atoms with Crippen LogP contribution in [-0.2, 0) is 19.1 Å². The van der Waals surface area contributed by atoms with Gasteiger partial charge in [0.1, 0.15) is 0 Å². The molecule has 0 aromatic heterocycles. The quantitative estimate of drug-likeness (QED) is 0.601. The van der Waals surface area contributed by atoms with Gasteiger partial charge < -0.3 is 9.47 Å². The van der Waals surface area contributed by atoms with Crippen LogP contribution in [0.4, 0.5) is 0 Å². The Morgan fingerprint density at radius 2 is 1.38 bits per heavy atom. The van der Waals surface area contributed by atoms with E-state index in [4.69, 9.17) is 9.47 Å². The predicted molar refractivity (Wildman–Crippen MR) is 92.2 cm³/mol. The first-order valence-electron chi connectivity index (χ1n) is 7.75. The van der Waals surface area contributed by atoms with Crippen LogP contribution < -0.4 is 0 Å². The lowest BCUT2D eigenvalue weighted by Gasteiger charge is -2.15. The number of esters is 2. The smallest absolute Gasteiger partial charge is 0.334 e. The van der Waals surface area contributed by atoms with E-state index in [-0.39, 0.29) is 18.6 Å². The monoisotopic (exact) mass is 324 g/mol. The van der Waals surface area contributed by atoms with Gasteiger partial charge in [0, 0.05) is 0 Å². The molecular weight excluding hydrogens is 304 g/mol. The number of carbonyl (C=O) groups is 2. The second kappa shape index (κ2) is 8.67. The summed E-state index contributed by atoms with van der Waals surface area (Å²) in [4.78, 5) is 24.3. The van der Waals surface area contributed by atoms with Gasteiger partial charge in [-0.1, -0.05) is 60.7 Å². The van der Waals surface area contributed by atoms with Crippen molar-refractivity contribution in [1.29, 1.82) is 0 Å². The van der Waals surface area contributed by atoms with Crippen LogP contribution in [0.15, 0.2) is 66.2 Å². The molecule has 0 aliphatic rings. The largest absolute Gasteiger partial charge is 0.466 e. The van der Waals surface area contributed by atoms with Crippen LogP contribution in [0, 0.1) is 0 Å². The van der Waals surface area contributed by atoms with E-state index in [2.05, 4.69) is 0 Å². The Morgan fingerprint density at radius 1 is 0.875 bits per heavy atom. The van der Waals surface area contributed by atoms with Crippen molar-refractivity contribution in [2.24, 2.45) is 0 Å². The Balaban J connectivity index is 2.63.